The Morgan fingerprint density at radius 3 is 2.59 bits per heavy atom. The van der Waals surface area contributed by atoms with Crippen molar-refractivity contribution in [3.8, 4) is 0 Å². The van der Waals surface area contributed by atoms with Crippen molar-refractivity contribution in [3.63, 3.8) is 0 Å². The van der Waals surface area contributed by atoms with Crippen molar-refractivity contribution in [2.24, 2.45) is 0 Å². The van der Waals surface area contributed by atoms with Crippen molar-refractivity contribution in [2.75, 3.05) is 26.0 Å². The number of aromatic nitrogens is 2. The highest BCUT2D eigenvalue weighted by Gasteiger charge is 2.31. The minimum Gasteiger partial charge on any atom is -0.383 e. The third-order valence-electron chi connectivity index (χ3n) is 4.40. The molecular formula is C21H21F3N4O3S. The average molecular weight is 466 g/mol. The number of alkyl halides is 3. The third-order valence-corrected chi connectivity index (χ3v) is 5.38. The van der Waals surface area contributed by atoms with Crippen molar-refractivity contribution in [3.05, 3.63) is 59.7 Å². The lowest BCUT2D eigenvalue weighted by Crippen LogP contribution is -2.41. The molecule has 0 bridgehead atoms. The van der Waals surface area contributed by atoms with Gasteiger partial charge >= 0.3 is 12.2 Å². The lowest BCUT2D eigenvalue weighted by Gasteiger charge is -2.10. The van der Waals surface area contributed by atoms with Gasteiger partial charge in [0.05, 0.1) is 35.5 Å². The summed E-state index contributed by atoms with van der Waals surface area (Å²) in [6.07, 6.45) is -4.49. The number of imidazole rings is 1. The Morgan fingerprint density at radius 1 is 1.16 bits per heavy atom. The fourth-order valence-electron chi connectivity index (χ4n) is 2.92. The van der Waals surface area contributed by atoms with Crippen LogP contribution in [0, 0.1) is 0 Å². The number of ether oxygens (including phenoxy) is 1. The van der Waals surface area contributed by atoms with Gasteiger partial charge in [-0.2, -0.15) is 13.2 Å². The molecule has 0 radical (unpaired) electrons. The number of hydrogen-bond acceptors (Lipinski definition) is 5. The molecule has 1 heterocycles. The van der Waals surface area contributed by atoms with E-state index in [2.05, 4.69) is 15.6 Å². The largest absolute Gasteiger partial charge is 0.416 e. The van der Waals surface area contributed by atoms with Gasteiger partial charge in [0.2, 0.25) is 5.91 Å². The number of rotatable bonds is 8. The number of imide groups is 1. The maximum absolute atomic E-state index is 13.1. The lowest BCUT2D eigenvalue weighted by molar-refractivity contribution is -0.137. The van der Waals surface area contributed by atoms with E-state index in [1.54, 1.807) is 4.57 Å². The number of halogens is 3. The van der Waals surface area contributed by atoms with Crippen molar-refractivity contribution >= 4 is 34.7 Å². The van der Waals surface area contributed by atoms with Crippen LogP contribution in [0.15, 0.2) is 53.7 Å². The number of methoxy groups -OCH3 is 1. The molecule has 0 aliphatic rings. The first kappa shape index (κ1) is 23.6. The van der Waals surface area contributed by atoms with Crippen molar-refractivity contribution in [2.45, 2.75) is 17.9 Å². The number of thioether (sulfide) groups is 1. The van der Waals surface area contributed by atoms with E-state index in [1.807, 2.05) is 30.3 Å². The number of urea groups is 1. The molecule has 2 aromatic carbocycles. The Balaban J connectivity index is 1.80. The van der Waals surface area contributed by atoms with E-state index in [-0.39, 0.29) is 17.8 Å². The van der Waals surface area contributed by atoms with E-state index >= 15 is 0 Å². The summed E-state index contributed by atoms with van der Waals surface area (Å²) in [5.74, 6) is -0.693. The van der Waals surface area contributed by atoms with Gasteiger partial charge in [-0.1, -0.05) is 42.1 Å². The molecule has 0 atom stereocenters. The first-order valence-corrected chi connectivity index (χ1v) is 10.6. The highest BCUT2D eigenvalue weighted by Crippen LogP contribution is 2.33. The first-order valence-electron chi connectivity index (χ1n) is 9.58. The number of nitrogens with one attached hydrogen (secondary N) is 2. The molecule has 0 saturated heterocycles. The van der Waals surface area contributed by atoms with Crippen molar-refractivity contribution in [1.29, 1.82) is 0 Å². The smallest absolute Gasteiger partial charge is 0.383 e. The molecule has 3 rings (SSSR count). The predicted octanol–water partition coefficient (Wildman–Crippen LogP) is 3.67. The van der Waals surface area contributed by atoms with Crippen LogP contribution in [-0.2, 0) is 22.3 Å². The second-order valence-corrected chi connectivity index (χ2v) is 7.70. The van der Waals surface area contributed by atoms with Crippen LogP contribution in [0.3, 0.4) is 0 Å². The van der Waals surface area contributed by atoms with Gasteiger partial charge in [0.15, 0.2) is 5.16 Å². The van der Waals surface area contributed by atoms with Gasteiger partial charge in [-0.25, -0.2) is 9.78 Å². The summed E-state index contributed by atoms with van der Waals surface area (Å²) in [5.41, 5.74) is 0.824. The van der Waals surface area contributed by atoms with Crippen LogP contribution in [0.25, 0.3) is 11.0 Å². The number of nitrogens with zero attached hydrogens (tertiary/aromatic N) is 2. The van der Waals surface area contributed by atoms with Crippen molar-refractivity contribution in [1.82, 2.24) is 20.2 Å². The molecule has 0 fully saturated rings. The summed E-state index contributed by atoms with van der Waals surface area (Å²) in [5, 5.41) is 5.03. The highest BCUT2D eigenvalue weighted by molar-refractivity contribution is 7.99. The Labute approximate surface area is 186 Å². The maximum Gasteiger partial charge on any atom is 0.416 e. The molecule has 3 aromatic rings. The van der Waals surface area contributed by atoms with Gasteiger partial charge in [-0.15, -0.1) is 0 Å². The molecule has 32 heavy (non-hydrogen) atoms. The van der Waals surface area contributed by atoms with Gasteiger partial charge in [-0.05, 0) is 23.8 Å². The summed E-state index contributed by atoms with van der Waals surface area (Å²) >= 11 is 1.04. The van der Waals surface area contributed by atoms with E-state index in [1.165, 1.54) is 13.2 Å². The zero-order valence-corrected chi connectivity index (χ0v) is 17.9. The SMILES string of the molecule is COCCNC(=O)NC(=O)CSc1nc2cc(C(F)(F)F)ccc2n1Cc1ccccc1. The summed E-state index contributed by atoms with van der Waals surface area (Å²) in [6, 6.07) is 12.1. The lowest BCUT2D eigenvalue weighted by atomic mass is 10.2. The van der Waals surface area contributed by atoms with Gasteiger partial charge in [0, 0.05) is 13.7 Å². The minimum absolute atomic E-state index is 0.137. The normalized spacial score (nSPS) is 11.5. The van der Waals surface area contributed by atoms with Gasteiger partial charge in [0.1, 0.15) is 0 Å². The van der Waals surface area contributed by atoms with Crippen LogP contribution in [-0.4, -0.2) is 47.5 Å². The van der Waals surface area contributed by atoms with Crippen LogP contribution >= 0.6 is 11.8 Å². The van der Waals surface area contributed by atoms with Crippen LogP contribution < -0.4 is 10.6 Å². The minimum atomic E-state index is -4.49. The maximum atomic E-state index is 13.1. The number of benzene rings is 2. The Kier molecular flexibility index (Phi) is 7.75. The number of amides is 3. The Hall–Kier alpha value is -3.05. The molecule has 0 aliphatic carbocycles. The molecule has 2 N–H and O–H groups in total. The second kappa shape index (κ2) is 10.5. The average Bonchev–Trinajstić information content (AvgIpc) is 3.09. The molecule has 1 aromatic heterocycles. The monoisotopic (exact) mass is 466 g/mol. The molecule has 0 aliphatic heterocycles. The first-order chi connectivity index (χ1) is 15.3. The predicted molar refractivity (Wildman–Crippen MR) is 114 cm³/mol. The number of carbonyl (C=O) groups excluding carboxylic acids is 2. The van der Waals surface area contributed by atoms with E-state index in [4.69, 9.17) is 4.74 Å². The summed E-state index contributed by atoms with van der Waals surface area (Å²) in [6.45, 7) is 0.918. The van der Waals surface area contributed by atoms with Crippen LogP contribution in [0.4, 0.5) is 18.0 Å². The molecule has 3 amide bonds. The van der Waals surface area contributed by atoms with Crippen LogP contribution in [0.5, 0.6) is 0 Å². The quantitative estimate of drug-likeness (QED) is 0.391. The molecule has 0 saturated carbocycles. The van der Waals surface area contributed by atoms with Gasteiger partial charge in [0.25, 0.3) is 0 Å². The number of hydrogen-bond donors (Lipinski definition) is 2. The molecule has 0 unspecified atom stereocenters. The third kappa shape index (κ3) is 6.24. The second-order valence-electron chi connectivity index (χ2n) is 6.75. The molecular weight excluding hydrogens is 445 g/mol. The van der Waals surface area contributed by atoms with E-state index in [9.17, 15) is 22.8 Å². The van der Waals surface area contributed by atoms with Crippen LogP contribution in [0.1, 0.15) is 11.1 Å². The van der Waals surface area contributed by atoms with Crippen LogP contribution in [0.2, 0.25) is 0 Å². The molecule has 170 valence electrons. The zero-order chi connectivity index (χ0) is 23.1. The summed E-state index contributed by atoms with van der Waals surface area (Å²) < 4.78 is 45.9. The molecule has 0 spiro atoms. The number of fused-ring (bicyclic) bond motifs is 1. The summed E-state index contributed by atoms with van der Waals surface area (Å²) in [4.78, 5) is 28.1. The topological polar surface area (TPSA) is 85.2 Å². The fourth-order valence-corrected chi connectivity index (χ4v) is 3.73. The van der Waals surface area contributed by atoms with Crippen molar-refractivity contribution < 1.29 is 27.5 Å². The highest BCUT2D eigenvalue weighted by atomic mass is 32.2. The summed E-state index contributed by atoms with van der Waals surface area (Å²) in [7, 11) is 1.49. The standard InChI is InChI=1S/C21H21F3N4O3S/c1-31-10-9-25-19(30)27-18(29)13-32-20-26-16-11-15(21(22,23)24)7-8-17(16)28(20)12-14-5-3-2-4-6-14/h2-8,11H,9-10,12-13H2,1H3,(H2,25,27,29,30). The van der Waals surface area contributed by atoms with E-state index < -0.39 is 23.7 Å². The van der Waals surface area contributed by atoms with E-state index in [0.717, 1.165) is 29.5 Å². The zero-order valence-electron chi connectivity index (χ0n) is 17.1. The van der Waals surface area contributed by atoms with E-state index in [0.29, 0.717) is 23.8 Å². The molecule has 7 nitrogen and oxygen atoms in total. The molecule has 11 heteroatoms. The Bertz CT molecular complexity index is 1090. The fraction of sp³-hybridized carbons (Fsp3) is 0.286. The van der Waals surface area contributed by atoms with Gasteiger partial charge in [-0.3, -0.25) is 10.1 Å². The number of carbonyl (C=O) groups is 2. The van der Waals surface area contributed by atoms with Gasteiger partial charge < -0.3 is 14.6 Å². The Morgan fingerprint density at radius 2 is 1.91 bits per heavy atom.